The smallest absolute Gasteiger partial charge is 0.291 e. The van der Waals surface area contributed by atoms with Gasteiger partial charge in [-0.05, 0) is 54.3 Å². The molecule has 0 saturated carbocycles. The second kappa shape index (κ2) is 8.57. The highest BCUT2D eigenvalue weighted by atomic mass is 32.1. The van der Waals surface area contributed by atoms with Gasteiger partial charge in [-0.25, -0.2) is 0 Å². The van der Waals surface area contributed by atoms with Crippen molar-refractivity contribution in [3.8, 4) is 17.1 Å². The van der Waals surface area contributed by atoms with Crippen molar-refractivity contribution < 1.29 is 4.74 Å². The maximum atomic E-state index is 12.7. The summed E-state index contributed by atoms with van der Waals surface area (Å²) < 4.78 is 7.71. The number of aromatic nitrogens is 3. The van der Waals surface area contributed by atoms with Crippen molar-refractivity contribution in [2.75, 3.05) is 6.61 Å². The molecule has 0 atom stereocenters. The van der Waals surface area contributed by atoms with Crippen molar-refractivity contribution in [1.29, 1.82) is 0 Å². The van der Waals surface area contributed by atoms with Crippen LogP contribution in [0.4, 0.5) is 0 Å². The third-order valence-corrected chi connectivity index (χ3v) is 5.71. The Bertz CT molecular complexity index is 1210. The molecular weight excluding hydrogens is 382 g/mol. The van der Waals surface area contributed by atoms with E-state index in [0.717, 1.165) is 36.1 Å². The average molecular weight is 406 g/mol. The van der Waals surface area contributed by atoms with Crippen molar-refractivity contribution in [2.24, 2.45) is 0 Å². The lowest BCUT2D eigenvalue weighted by atomic mass is 10.1. The molecule has 0 unspecified atom stereocenters. The summed E-state index contributed by atoms with van der Waals surface area (Å²) in [5.74, 6) is 1.38. The van der Waals surface area contributed by atoms with E-state index in [1.807, 2.05) is 42.5 Å². The van der Waals surface area contributed by atoms with Gasteiger partial charge in [-0.2, -0.15) is 9.50 Å². The van der Waals surface area contributed by atoms with E-state index in [2.05, 4.69) is 36.1 Å². The first-order valence-electron chi connectivity index (χ1n) is 9.91. The molecule has 29 heavy (non-hydrogen) atoms. The van der Waals surface area contributed by atoms with E-state index < -0.39 is 0 Å². The van der Waals surface area contributed by atoms with Crippen molar-refractivity contribution in [1.82, 2.24) is 14.6 Å². The third-order valence-electron chi connectivity index (χ3n) is 4.75. The largest absolute Gasteiger partial charge is 0.494 e. The molecule has 0 amide bonds. The van der Waals surface area contributed by atoms with Gasteiger partial charge in [0.25, 0.3) is 5.56 Å². The van der Waals surface area contributed by atoms with Gasteiger partial charge >= 0.3 is 0 Å². The van der Waals surface area contributed by atoms with Gasteiger partial charge in [-0.3, -0.25) is 4.79 Å². The summed E-state index contributed by atoms with van der Waals surface area (Å²) >= 11 is 1.36. The Morgan fingerprint density at radius 3 is 2.48 bits per heavy atom. The Labute approximate surface area is 173 Å². The van der Waals surface area contributed by atoms with Crippen LogP contribution in [0.15, 0.2) is 53.3 Å². The fourth-order valence-electron chi connectivity index (χ4n) is 2.99. The summed E-state index contributed by atoms with van der Waals surface area (Å²) in [6.45, 7) is 4.98. The zero-order chi connectivity index (χ0) is 20.2. The number of ether oxygens (including phenoxy) is 1. The van der Waals surface area contributed by atoms with E-state index in [1.54, 1.807) is 0 Å². The standard InChI is InChI=1S/C23H23N3O2S/c1-3-5-14-28-19-12-10-18(11-13-19)21-24-23-26(25-21)22(27)20(29-23)15-17-8-6-16(4-2)7-9-17/h6-13,15H,3-5,14H2,1-2H3. The molecule has 0 saturated heterocycles. The van der Waals surface area contributed by atoms with Crippen LogP contribution in [0.25, 0.3) is 22.4 Å². The van der Waals surface area contributed by atoms with E-state index in [-0.39, 0.29) is 5.56 Å². The molecular formula is C23H23N3O2S. The van der Waals surface area contributed by atoms with E-state index >= 15 is 0 Å². The van der Waals surface area contributed by atoms with E-state index in [9.17, 15) is 4.79 Å². The molecule has 0 fully saturated rings. The van der Waals surface area contributed by atoms with Crippen LogP contribution in [-0.4, -0.2) is 21.2 Å². The monoisotopic (exact) mass is 405 g/mol. The number of hydrogen-bond acceptors (Lipinski definition) is 5. The Hall–Kier alpha value is -2.99. The second-order valence-corrected chi connectivity index (χ2v) is 7.88. The second-order valence-electron chi connectivity index (χ2n) is 6.87. The number of thiazole rings is 1. The maximum absolute atomic E-state index is 12.7. The fourth-order valence-corrected chi connectivity index (χ4v) is 3.90. The molecule has 0 spiro atoms. The lowest BCUT2D eigenvalue weighted by Gasteiger charge is -2.05. The van der Waals surface area contributed by atoms with Gasteiger partial charge < -0.3 is 4.74 Å². The van der Waals surface area contributed by atoms with Crippen LogP contribution in [0.2, 0.25) is 0 Å². The lowest BCUT2D eigenvalue weighted by molar-refractivity contribution is 0.309. The summed E-state index contributed by atoms with van der Waals surface area (Å²) in [7, 11) is 0. The minimum absolute atomic E-state index is 0.136. The molecule has 0 aliphatic carbocycles. The molecule has 0 N–H and O–H groups in total. The first-order valence-corrected chi connectivity index (χ1v) is 10.7. The topological polar surface area (TPSA) is 56.5 Å². The van der Waals surface area contributed by atoms with Crippen LogP contribution in [0.1, 0.15) is 37.8 Å². The Kier molecular flexibility index (Phi) is 5.71. The lowest BCUT2D eigenvalue weighted by Crippen LogP contribution is -2.23. The summed E-state index contributed by atoms with van der Waals surface area (Å²) in [5.41, 5.74) is 3.01. The highest BCUT2D eigenvalue weighted by molar-refractivity contribution is 7.15. The molecule has 4 rings (SSSR count). The van der Waals surface area contributed by atoms with Crippen LogP contribution in [0.3, 0.4) is 0 Å². The molecule has 0 aliphatic heterocycles. The van der Waals surface area contributed by atoms with E-state index in [1.165, 1.54) is 21.4 Å². The van der Waals surface area contributed by atoms with Crippen molar-refractivity contribution in [3.05, 3.63) is 74.5 Å². The van der Waals surface area contributed by atoms with Gasteiger partial charge in [0.2, 0.25) is 4.96 Å². The predicted octanol–water partition coefficient (Wildman–Crippen LogP) is 4.11. The molecule has 148 valence electrons. The van der Waals surface area contributed by atoms with E-state index in [0.29, 0.717) is 21.9 Å². The number of hydrogen-bond donors (Lipinski definition) is 0. The molecule has 2 aromatic heterocycles. The minimum Gasteiger partial charge on any atom is -0.494 e. The predicted molar refractivity (Wildman–Crippen MR) is 118 cm³/mol. The highest BCUT2D eigenvalue weighted by Gasteiger charge is 2.12. The van der Waals surface area contributed by atoms with Gasteiger partial charge in [0.1, 0.15) is 5.75 Å². The molecule has 0 radical (unpaired) electrons. The van der Waals surface area contributed by atoms with Gasteiger partial charge in [-0.15, -0.1) is 5.10 Å². The maximum Gasteiger partial charge on any atom is 0.291 e. The van der Waals surface area contributed by atoms with Crippen molar-refractivity contribution in [2.45, 2.75) is 33.1 Å². The van der Waals surface area contributed by atoms with Gasteiger partial charge in [0.15, 0.2) is 5.82 Å². The molecule has 2 heterocycles. The minimum atomic E-state index is -0.136. The molecule has 4 aromatic rings. The number of rotatable bonds is 7. The van der Waals surface area contributed by atoms with Gasteiger partial charge in [0, 0.05) is 5.56 Å². The van der Waals surface area contributed by atoms with Crippen LogP contribution < -0.4 is 14.8 Å². The zero-order valence-electron chi connectivity index (χ0n) is 16.6. The Morgan fingerprint density at radius 2 is 1.83 bits per heavy atom. The van der Waals surface area contributed by atoms with Gasteiger partial charge in [0.05, 0.1) is 11.1 Å². The van der Waals surface area contributed by atoms with Crippen molar-refractivity contribution >= 4 is 22.4 Å². The normalized spacial score (nSPS) is 12.0. The Balaban J connectivity index is 1.59. The first kappa shape index (κ1) is 19.3. The molecule has 5 nitrogen and oxygen atoms in total. The number of aryl methyl sites for hydroxylation is 1. The van der Waals surface area contributed by atoms with Crippen LogP contribution in [-0.2, 0) is 6.42 Å². The van der Waals surface area contributed by atoms with E-state index in [4.69, 9.17) is 4.74 Å². The summed E-state index contributed by atoms with van der Waals surface area (Å²) in [6.07, 6.45) is 5.03. The highest BCUT2D eigenvalue weighted by Crippen LogP contribution is 2.20. The number of unbranched alkanes of at least 4 members (excludes halogenated alkanes) is 1. The molecule has 6 heteroatoms. The third kappa shape index (κ3) is 4.22. The summed E-state index contributed by atoms with van der Waals surface area (Å²) in [4.78, 5) is 17.9. The fraction of sp³-hybridized carbons (Fsp3) is 0.261. The zero-order valence-corrected chi connectivity index (χ0v) is 17.4. The van der Waals surface area contributed by atoms with Crippen molar-refractivity contribution in [3.63, 3.8) is 0 Å². The summed E-state index contributed by atoms with van der Waals surface area (Å²) in [5, 5.41) is 4.42. The van der Waals surface area contributed by atoms with Crippen LogP contribution >= 0.6 is 11.3 Å². The molecule has 0 aliphatic rings. The number of fused-ring (bicyclic) bond motifs is 1. The molecule has 2 aromatic carbocycles. The summed E-state index contributed by atoms with van der Waals surface area (Å²) in [6, 6.07) is 15.9. The van der Waals surface area contributed by atoms with Crippen LogP contribution in [0, 0.1) is 0 Å². The Morgan fingerprint density at radius 1 is 1.07 bits per heavy atom. The first-order chi connectivity index (χ1) is 14.2. The number of benzene rings is 2. The van der Waals surface area contributed by atoms with Crippen LogP contribution in [0.5, 0.6) is 5.75 Å². The van der Waals surface area contributed by atoms with Gasteiger partial charge in [-0.1, -0.05) is 55.9 Å². The number of nitrogens with zero attached hydrogens (tertiary/aromatic N) is 3. The SMILES string of the molecule is CCCCOc1ccc(-c2nc3sc(=Cc4ccc(CC)cc4)c(=O)n3n2)cc1. The quantitative estimate of drug-likeness (QED) is 0.434. The average Bonchev–Trinajstić information content (AvgIpc) is 3.29. The molecule has 0 bridgehead atoms.